The third-order valence-corrected chi connectivity index (χ3v) is 6.00. The van der Waals surface area contributed by atoms with Crippen molar-refractivity contribution in [3.8, 4) is 11.5 Å². The molecule has 1 saturated heterocycles. The van der Waals surface area contributed by atoms with E-state index in [1.807, 2.05) is 17.2 Å². The van der Waals surface area contributed by atoms with Gasteiger partial charge < -0.3 is 18.9 Å². The Labute approximate surface area is 183 Å². The molecule has 1 aliphatic heterocycles. The third kappa shape index (κ3) is 4.58. The van der Waals surface area contributed by atoms with E-state index in [0.717, 1.165) is 44.0 Å². The van der Waals surface area contributed by atoms with E-state index in [-0.39, 0.29) is 5.91 Å². The number of aryl methyl sites for hydroxylation is 1. The molecular weight excluding hydrogens is 390 g/mol. The van der Waals surface area contributed by atoms with Crippen molar-refractivity contribution in [1.82, 2.24) is 14.5 Å². The van der Waals surface area contributed by atoms with E-state index in [1.54, 1.807) is 32.4 Å². The number of amides is 1. The van der Waals surface area contributed by atoms with E-state index in [9.17, 15) is 4.79 Å². The minimum atomic E-state index is 0.00538. The number of ether oxygens (including phenoxy) is 2. The number of carbonyl (C=O) groups is 1. The second-order valence-corrected chi connectivity index (χ2v) is 8.06. The van der Waals surface area contributed by atoms with Gasteiger partial charge in [-0.2, -0.15) is 0 Å². The first-order chi connectivity index (χ1) is 15.1. The quantitative estimate of drug-likeness (QED) is 0.582. The average Bonchev–Trinajstić information content (AvgIpc) is 3.41. The predicted octanol–water partition coefficient (Wildman–Crippen LogP) is 3.96. The molecule has 6 nitrogen and oxygen atoms in total. The van der Waals surface area contributed by atoms with Crippen LogP contribution in [0.4, 0.5) is 0 Å². The highest BCUT2D eigenvalue weighted by atomic mass is 16.5. The number of nitrogens with zero attached hydrogens (tertiary/aromatic N) is 3. The van der Waals surface area contributed by atoms with E-state index in [4.69, 9.17) is 9.47 Å². The van der Waals surface area contributed by atoms with Crippen molar-refractivity contribution in [3.05, 3.63) is 77.4 Å². The monoisotopic (exact) mass is 419 g/mol. The number of hydrogen-bond donors (Lipinski definition) is 0. The fourth-order valence-electron chi connectivity index (χ4n) is 4.24. The zero-order valence-corrected chi connectivity index (χ0v) is 18.4. The standard InChI is InChI=1S/C25H29N3O3/c1-18-15-26-24(28(18)17-19-7-5-4-6-8-19)13-20-11-12-27(16-20)25(29)22-10-9-21(30-2)14-23(22)31-3/h4-10,14-15,20H,11-13,16-17H2,1-3H3. The van der Waals surface area contributed by atoms with Gasteiger partial charge in [-0.1, -0.05) is 30.3 Å². The van der Waals surface area contributed by atoms with Crippen molar-refractivity contribution in [1.29, 1.82) is 0 Å². The van der Waals surface area contributed by atoms with Gasteiger partial charge in [-0.15, -0.1) is 0 Å². The van der Waals surface area contributed by atoms with Crippen LogP contribution in [-0.2, 0) is 13.0 Å². The third-order valence-electron chi connectivity index (χ3n) is 6.00. The number of benzene rings is 2. The molecule has 0 spiro atoms. The molecule has 2 aromatic carbocycles. The summed E-state index contributed by atoms with van der Waals surface area (Å²) in [7, 11) is 3.18. The minimum Gasteiger partial charge on any atom is -0.497 e. The normalized spacial score (nSPS) is 15.8. The first-order valence-corrected chi connectivity index (χ1v) is 10.6. The van der Waals surface area contributed by atoms with E-state index in [0.29, 0.717) is 23.0 Å². The van der Waals surface area contributed by atoms with Crippen LogP contribution in [0.1, 0.15) is 33.9 Å². The van der Waals surface area contributed by atoms with E-state index >= 15 is 0 Å². The molecule has 0 aliphatic carbocycles. The maximum absolute atomic E-state index is 13.1. The Morgan fingerprint density at radius 3 is 2.68 bits per heavy atom. The van der Waals surface area contributed by atoms with E-state index < -0.39 is 0 Å². The number of likely N-dealkylation sites (tertiary alicyclic amines) is 1. The Kier molecular flexibility index (Phi) is 6.26. The van der Waals surface area contributed by atoms with Crippen LogP contribution < -0.4 is 9.47 Å². The van der Waals surface area contributed by atoms with Crippen LogP contribution >= 0.6 is 0 Å². The lowest BCUT2D eigenvalue weighted by Gasteiger charge is -2.19. The lowest BCUT2D eigenvalue weighted by molar-refractivity contribution is 0.0783. The Morgan fingerprint density at radius 2 is 1.94 bits per heavy atom. The molecule has 1 atom stereocenters. The van der Waals surface area contributed by atoms with Gasteiger partial charge in [0.25, 0.3) is 5.91 Å². The number of aromatic nitrogens is 2. The summed E-state index contributed by atoms with van der Waals surface area (Å²) in [6.07, 6.45) is 3.78. The van der Waals surface area contributed by atoms with Crippen molar-refractivity contribution in [2.24, 2.45) is 5.92 Å². The van der Waals surface area contributed by atoms with Crippen LogP contribution in [0.3, 0.4) is 0 Å². The molecule has 0 saturated carbocycles. The maximum Gasteiger partial charge on any atom is 0.257 e. The van der Waals surface area contributed by atoms with Crippen LogP contribution in [0.15, 0.2) is 54.7 Å². The molecule has 1 fully saturated rings. The summed E-state index contributed by atoms with van der Waals surface area (Å²) in [6, 6.07) is 15.8. The number of methoxy groups -OCH3 is 2. The van der Waals surface area contributed by atoms with Crippen molar-refractivity contribution < 1.29 is 14.3 Å². The molecule has 2 heterocycles. The Hall–Kier alpha value is -3.28. The van der Waals surface area contributed by atoms with Gasteiger partial charge in [0.2, 0.25) is 0 Å². The second-order valence-electron chi connectivity index (χ2n) is 8.06. The molecule has 0 bridgehead atoms. The minimum absolute atomic E-state index is 0.00538. The van der Waals surface area contributed by atoms with Crippen molar-refractivity contribution in [2.75, 3.05) is 27.3 Å². The Morgan fingerprint density at radius 1 is 1.13 bits per heavy atom. The predicted molar refractivity (Wildman–Crippen MR) is 120 cm³/mol. The highest BCUT2D eigenvalue weighted by Crippen LogP contribution is 2.29. The van der Waals surface area contributed by atoms with Crippen LogP contribution in [0.2, 0.25) is 0 Å². The number of carbonyl (C=O) groups excluding carboxylic acids is 1. The van der Waals surface area contributed by atoms with Crippen molar-refractivity contribution in [3.63, 3.8) is 0 Å². The molecule has 0 N–H and O–H groups in total. The molecule has 1 amide bonds. The van der Waals surface area contributed by atoms with Gasteiger partial charge in [0, 0.05) is 44.0 Å². The first-order valence-electron chi connectivity index (χ1n) is 10.6. The van der Waals surface area contributed by atoms with Gasteiger partial charge >= 0.3 is 0 Å². The summed E-state index contributed by atoms with van der Waals surface area (Å²) in [5.74, 6) is 2.70. The summed E-state index contributed by atoms with van der Waals surface area (Å²) >= 11 is 0. The molecule has 162 valence electrons. The number of imidazole rings is 1. The molecule has 1 aromatic heterocycles. The topological polar surface area (TPSA) is 56.6 Å². The fourth-order valence-corrected chi connectivity index (χ4v) is 4.24. The van der Waals surface area contributed by atoms with Gasteiger partial charge in [0.1, 0.15) is 17.3 Å². The highest BCUT2D eigenvalue weighted by Gasteiger charge is 2.29. The average molecular weight is 420 g/mol. The summed E-state index contributed by atoms with van der Waals surface area (Å²) in [4.78, 5) is 19.7. The fraction of sp³-hybridized carbons (Fsp3) is 0.360. The highest BCUT2D eigenvalue weighted by molar-refractivity contribution is 5.97. The number of hydrogen-bond acceptors (Lipinski definition) is 4. The molecule has 31 heavy (non-hydrogen) atoms. The molecule has 1 unspecified atom stereocenters. The molecule has 1 aliphatic rings. The lowest BCUT2D eigenvalue weighted by Crippen LogP contribution is -2.29. The smallest absolute Gasteiger partial charge is 0.257 e. The number of rotatable bonds is 7. The first kappa shape index (κ1) is 21.0. The van der Waals surface area contributed by atoms with Gasteiger partial charge in [-0.25, -0.2) is 4.98 Å². The zero-order chi connectivity index (χ0) is 21.8. The second kappa shape index (κ2) is 9.25. The van der Waals surface area contributed by atoms with Crippen LogP contribution in [-0.4, -0.2) is 47.7 Å². The van der Waals surface area contributed by atoms with Gasteiger partial charge in [-0.05, 0) is 37.0 Å². The van der Waals surface area contributed by atoms with E-state index in [1.165, 1.54) is 5.56 Å². The van der Waals surface area contributed by atoms with Crippen LogP contribution in [0, 0.1) is 12.8 Å². The lowest BCUT2D eigenvalue weighted by atomic mass is 10.0. The van der Waals surface area contributed by atoms with Crippen molar-refractivity contribution >= 4 is 5.91 Å². The molecule has 6 heteroatoms. The van der Waals surface area contributed by atoms with Gasteiger partial charge in [0.15, 0.2) is 0 Å². The molecule has 0 radical (unpaired) electrons. The summed E-state index contributed by atoms with van der Waals surface area (Å²) in [5, 5.41) is 0. The molecule has 4 rings (SSSR count). The largest absolute Gasteiger partial charge is 0.497 e. The van der Waals surface area contributed by atoms with Gasteiger partial charge in [-0.3, -0.25) is 4.79 Å². The molecular formula is C25H29N3O3. The van der Waals surface area contributed by atoms with Crippen molar-refractivity contribution in [2.45, 2.75) is 26.3 Å². The summed E-state index contributed by atoms with van der Waals surface area (Å²) in [5.41, 5.74) is 3.00. The Bertz CT molecular complexity index is 1050. The zero-order valence-electron chi connectivity index (χ0n) is 18.4. The van der Waals surface area contributed by atoms with Gasteiger partial charge in [0.05, 0.1) is 19.8 Å². The Balaban J connectivity index is 1.44. The van der Waals surface area contributed by atoms with E-state index in [2.05, 4.69) is 40.7 Å². The summed E-state index contributed by atoms with van der Waals surface area (Å²) < 4.78 is 13.0. The maximum atomic E-state index is 13.1. The summed E-state index contributed by atoms with van der Waals surface area (Å²) in [6.45, 7) is 4.39. The van der Waals surface area contributed by atoms with Crippen LogP contribution in [0.25, 0.3) is 0 Å². The SMILES string of the molecule is COc1ccc(C(=O)N2CCC(Cc3ncc(C)n3Cc3ccccc3)C2)c(OC)c1. The van der Waals surface area contributed by atoms with Crippen LogP contribution in [0.5, 0.6) is 11.5 Å². The molecule has 3 aromatic rings.